The zero-order chi connectivity index (χ0) is 26.4. The summed E-state index contributed by atoms with van der Waals surface area (Å²) in [6, 6.07) is 22.3. The SMILES string of the molecule is CC1CCC(NC(=O)OCC2c3ccccc3-c3ccccc32)(C(=O)ON2C(=O)c3ccccc3C2=O)C1. The largest absolute Gasteiger partial charge is 0.449 e. The summed E-state index contributed by atoms with van der Waals surface area (Å²) in [6.07, 6.45) is 0.528. The van der Waals surface area contributed by atoms with E-state index in [0.717, 1.165) is 22.3 Å². The minimum absolute atomic E-state index is 0.0962. The lowest BCUT2D eigenvalue weighted by Gasteiger charge is -2.29. The lowest BCUT2D eigenvalue weighted by molar-refractivity contribution is -0.176. The van der Waals surface area contributed by atoms with Gasteiger partial charge in [0, 0.05) is 5.92 Å². The molecular weight excluding hydrogens is 484 g/mol. The first kappa shape index (κ1) is 23.9. The summed E-state index contributed by atoms with van der Waals surface area (Å²) in [5.41, 5.74) is 3.32. The normalized spacial score (nSPS) is 21.6. The quantitative estimate of drug-likeness (QED) is 0.493. The number of hydrogen-bond acceptors (Lipinski definition) is 6. The number of amides is 3. The number of hydroxylamine groups is 2. The van der Waals surface area contributed by atoms with Gasteiger partial charge in [-0.2, -0.15) is 0 Å². The predicted octanol–water partition coefficient (Wildman–Crippen LogP) is 4.84. The fourth-order valence-corrected chi connectivity index (χ4v) is 5.89. The van der Waals surface area contributed by atoms with Crippen LogP contribution in [0, 0.1) is 5.92 Å². The number of alkyl carbamates (subject to hydrolysis) is 1. The summed E-state index contributed by atoms with van der Waals surface area (Å²) in [4.78, 5) is 57.2. The van der Waals surface area contributed by atoms with E-state index in [-0.39, 0.29) is 29.6 Å². The summed E-state index contributed by atoms with van der Waals surface area (Å²) < 4.78 is 5.67. The van der Waals surface area contributed by atoms with E-state index in [1.807, 2.05) is 43.3 Å². The van der Waals surface area contributed by atoms with Crippen LogP contribution < -0.4 is 5.32 Å². The van der Waals surface area contributed by atoms with Crippen LogP contribution in [0.4, 0.5) is 4.79 Å². The maximum absolute atomic E-state index is 13.4. The Morgan fingerprint density at radius 2 is 1.39 bits per heavy atom. The highest BCUT2D eigenvalue weighted by Gasteiger charge is 2.50. The molecule has 3 aliphatic rings. The van der Waals surface area contributed by atoms with E-state index in [4.69, 9.17) is 9.57 Å². The van der Waals surface area contributed by atoms with E-state index in [1.54, 1.807) is 12.1 Å². The molecule has 6 rings (SSSR count). The van der Waals surface area contributed by atoms with Crippen LogP contribution in [0.15, 0.2) is 72.8 Å². The first-order valence-corrected chi connectivity index (χ1v) is 12.7. The zero-order valence-electron chi connectivity index (χ0n) is 20.8. The third kappa shape index (κ3) is 3.84. The molecule has 1 aliphatic heterocycles. The fraction of sp³-hybridized carbons (Fsp3) is 0.267. The Labute approximate surface area is 219 Å². The molecule has 1 fully saturated rings. The summed E-state index contributed by atoms with van der Waals surface area (Å²) in [6.45, 7) is 2.06. The molecule has 2 unspecified atom stereocenters. The van der Waals surface area contributed by atoms with Crippen molar-refractivity contribution in [2.45, 2.75) is 37.6 Å². The molecule has 8 heteroatoms. The van der Waals surface area contributed by atoms with Crippen molar-refractivity contribution < 1.29 is 28.8 Å². The van der Waals surface area contributed by atoms with Gasteiger partial charge in [-0.1, -0.05) is 72.7 Å². The second-order valence-electron chi connectivity index (χ2n) is 10.2. The lowest BCUT2D eigenvalue weighted by Crippen LogP contribution is -2.55. The van der Waals surface area contributed by atoms with Crippen LogP contribution in [0.1, 0.15) is 63.9 Å². The number of fused-ring (bicyclic) bond motifs is 4. The molecule has 3 amide bonds. The summed E-state index contributed by atoms with van der Waals surface area (Å²) >= 11 is 0. The van der Waals surface area contributed by atoms with Crippen LogP contribution in [0.3, 0.4) is 0 Å². The molecule has 0 radical (unpaired) electrons. The molecule has 192 valence electrons. The second kappa shape index (κ2) is 9.13. The molecule has 1 N–H and O–H groups in total. The number of ether oxygens (including phenoxy) is 1. The van der Waals surface area contributed by atoms with E-state index in [1.165, 1.54) is 12.1 Å². The molecule has 0 spiro atoms. The molecule has 38 heavy (non-hydrogen) atoms. The van der Waals surface area contributed by atoms with Gasteiger partial charge < -0.3 is 14.9 Å². The molecular formula is C30H26N2O6. The molecule has 1 heterocycles. The van der Waals surface area contributed by atoms with E-state index < -0.39 is 29.4 Å². The smallest absolute Gasteiger partial charge is 0.408 e. The number of nitrogens with zero attached hydrogens (tertiary/aromatic N) is 1. The molecule has 0 bridgehead atoms. The highest BCUT2D eigenvalue weighted by Crippen LogP contribution is 2.44. The number of carbonyl (C=O) groups is 4. The van der Waals surface area contributed by atoms with Crippen LogP contribution in [0.2, 0.25) is 0 Å². The van der Waals surface area contributed by atoms with Crippen LogP contribution in [-0.2, 0) is 14.4 Å². The van der Waals surface area contributed by atoms with Gasteiger partial charge in [-0.15, -0.1) is 0 Å². The van der Waals surface area contributed by atoms with Crippen LogP contribution in [-0.4, -0.2) is 41.1 Å². The average molecular weight is 511 g/mol. The van der Waals surface area contributed by atoms with Crippen molar-refractivity contribution in [2.75, 3.05) is 6.61 Å². The Kier molecular flexibility index (Phi) is 5.75. The molecule has 2 atom stereocenters. The Bertz CT molecular complexity index is 1400. The standard InChI is InChI=1S/C30H26N2O6/c1-18-14-15-30(16-18,28(35)38-32-26(33)23-12-6-7-13-24(23)27(32)34)31-29(36)37-17-25-21-10-4-2-8-19(21)20-9-3-5-11-22(20)25/h2-13,18,25H,14-17H2,1H3,(H,31,36). The van der Waals surface area contributed by atoms with Gasteiger partial charge >= 0.3 is 12.1 Å². The van der Waals surface area contributed by atoms with E-state index in [9.17, 15) is 19.2 Å². The monoisotopic (exact) mass is 510 g/mol. The first-order chi connectivity index (χ1) is 18.4. The minimum Gasteiger partial charge on any atom is -0.449 e. The van der Waals surface area contributed by atoms with Crippen molar-refractivity contribution in [3.63, 3.8) is 0 Å². The van der Waals surface area contributed by atoms with Crippen molar-refractivity contribution in [3.05, 3.63) is 95.1 Å². The Balaban J connectivity index is 1.17. The van der Waals surface area contributed by atoms with Gasteiger partial charge in [-0.05, 0) is 59.6 Å². The topological polar surface area (TPSA) is 102 Å². The fourth-order valence-electron chi connectivity index (χ4n) is 5.89. The number of benzene rings is 3. The van der Waals surface area contributed by atoms with Crippen LogP contribution in [0.25, 0.3) is 11.1 Å². The third-order valence-corrected chi connectivity index (χ3v) is 7.77. The van der Waals surface area contributed by atoms with Crippen molar-refractivity contribution in [1.82, 2.24) is 10.4 Å². The number of imide groups is 1. The van der Waals surface area contributed by atoms with E-state index in [0.29, 0.717) is 24.3 Å². The third-order valence-electron chi connectivity index (χ3n) is 7.77. The summed E-state index contributed by atoms with van der Waals surface area (Å²) in [5, 5.41) is 3.22. The van der Waals surface area contributed by atoms with Crippen molar-refractivity contribution in [1.29, 1.82) is 0 Å². The number of nitrogens with one attached hydrogen (secondary N) is 1. The average Bonchev–Trinajstić information content (AvgIpc) is 3.54. The Hall–Kier alpha value is -4.46. The van der Waals surface area contributed by atoms with Crippen molar-refractivity contribution in [2.24, 2.45) is 5.92 Å². The minimum atomic E-state index is -1.41. The van der Waals surface area contributed by atoms with Gasteiger partial charge in [0.2, 0.25) is 0 Å². The van der Waals surface area contributed by atoms with E-state index >= 15 is 0 Å². The van der Waals surface area contributed by atoms with Gasteiger partial charge in [0.1, 0.15) is 12.1 Å². The summed E-state index contributed by atoms with van der Waals surface area (Å²) in [7, 11) is 0. The van der Waals surface area contributed by atoms with Crippen molar-refractivity contribution in [3.8, 4) is 11.1 Å². The maximum Gasteiger partial charge on any atom is 0.408 e. The molecule has 3 aromatic rings. The number of rotatable bonds is 5. The maximum atomic E-state index is 13.4. The van der Waals surface area contributed by atoms with Gasteiger partial charge in [-0.25, -0.2) is 9.59 Å². The van der Waals surface area contributed by atoms with Crippen LogP contribution in [0.5, 0.6) is 0 Å². The molecule has 2 aliphatic carbocycles. The lowest BCUT2D eigenvalue weighted by atomic mass is 9.96. The zero-order valence-corrected chi connectivity index (χ0v) is 20.8. The highest BCUT2D eigenvalue weighted by atomic mass is 16.7. The van der Waals surface area contributed by atoms with Gasteiger partial charge in [0.05, 0.1) is 11.1 Å². The number of hydrogen-bond donors (Lipinski definition) is 1. The van der Waals surface area contributed by atoms with Gasteiger partial charge in [0.15, 0.2) is 0 Å². The molecule has 0 aromatic heterocycles. The Morgan fingerprint density at radius 1 is 0.868 bits per heavy atom. The van der Waals surface area contributed by atoms with E-state index in [2.05, 4.69) is 17.4 Å². The van der Waals surface area contributed by atoms with Crippen molar-refractivity contribution >= 4 is 23.9 Å². The highest BCUT2D eigenvalue weighted by molar-refractivity contribution is 6.21. The molecule has 1 saturated carbocycles. The molecule has 3 aromatic carbocycles. The Morgan fingerprint density at radius 3 is 1.92 bits per heavy atom. The van der Waals surface area contributed by atoms with Gasteiger partial charge in [-0.3, -0.25) is 9.59 Å². The predicted molar refractivity (Wildman–Crippen MR) is 137 cm³/mol. The van der Waals surface area contributed by atoms with Gasteiger partial charge in [0.25, 0.3) is 11.8 Å². The number of carbonyl (C=O) groups excluding carboxylic acids is 4. The van der Waals surface area contributed by atoms with Crippen LogP contribution >= 0.6 is 0 Å². The second-order valence-corrected chi connectivity index (χ2v) is 10.2. The summed E-state index contributed by atoms with van der Waals surface area (Å²) in [5.74, 6) is -2.28. The molecule has 0 saturated heterocycles. The molecule has 8 nitrogen and oxygen atoms in total. The first-order valence-electron chi connectivity index (χ1n) is 12.7.